The van der Waals surface area contributed by atoms with Gasteiger partial charge in [-0.1, -0.05) is 17.8 Å². The van der Waals surface area contributed by atoms with Gasteiger partial charge < -0.3 is 10.1 Å². The number of anilines is 1. The van der Waals surface area contributed by atoms with Crippen LogP contribution in [0.25, 0.3) is 5.69 Å². The molecule has 0 aliphatic rings. The molecule has 1 amide bonds. The van der Waals surface area contributed by atoms with Gasteiger partial charge >= 0.3 is 6.61 Å². The van der Waals surface area contributed by atoms with Crippen molar-refractivity contribution in [1.29, 1.82) is 0 Å². The molecule has 0 radical (unpaired) electrons. The number of nitrogens with one attached hydrogen (secondary N) is 1. The number of carbonyl (C=O) groups excluding carboxylic acids is 1. The monoisotopic (exact) mass is 405 g/mol. The van der Waals surface area contributed by atoms with Crippen molar-refractivity contribution >= 4 is 23.4 Å². The number of aromatic nitrogens is 4. The zero-order chi connectivity index (χ0) is 20.1. The minimum Gasteiger partial charge on any atom is -0.435 e. The van der Waals surface area contributed by atoms with Gasteiger partial charge in [0.25, 0.3) is 0 Å². The summed E-state index contributed by atoms with van der Waals surface area (Å²) in [6.07, 6.45) is 0. The van der Waals surface area contributed by atoms with E-state index in [1.807, 2.05) is 32.0 Å². The van der Waals surface area contributed by atoms with E-state index < -0.39 is 6.61 Å². The molecule has 0 aliphatic heterocycles. The summed E-state index contributed by atoms with van der Waals surface area (Å²) in [5.41, 5.74) is 3.56. The van der Waals surface area contributed by atoms with Crippen molar-refractivity contribution in [2.24, 2.45) is 0 Å². The van der Waals surface area contributed by atoms with Crippen molar-refractivity contribution in [3.8, 4) is 11.4 Å². The maximum atomic E-state index is 12.2. The van der Waals surface area contributed by atoms with Gasteiger partial charge in [0.1, 0.15) is 5.75 Å². The maximum Gasteiger partial charge on any atom is 0.387 e. The summed E-state index contributed by atoms with van der Waals surface area (Å²) in [5, 5.41) is 14.8. The van der Waals surface area contributed by atoms with Crippen molar-refractivity contribution in [1.82, 2.24) is 20.2 Å². The fourth-order valence-corrected chi connectivity index (χ4v) is 3.03. The molecule has 3 rings (SSSR count). The van der Waals surface area contributed by atoms with Crippen LogP contribution in [0, 0.1) is 13.8 Å². The van der Waals surface area contributed by atoms with Gasteiger partial charge in [-0.05, 0) is 71.8 Å². The average Bonchev–Trinajstić information content (AvgIpc) is 3.12. The van der Waals surface area contributed by atoms with E-state index >= 15 is 0 Å². The summed E-state index contributed by atoms with van der Waals surface area (Å²) in [6.45, 7) is 1.13. The molecule has 1 aromatic heterocycles. The van der Waals surface area contributed by atoms with Crippen molar-refractivity contribution in [2.45, 2.75) is 25.6 Å². The van der Waals surface area contributed by atoms with Crippen LogP contribution in [0.4, 0.5) is 14.5 Å². The summed E-state index contributed by atoms with van der Waals surface area (Å²) < 4.78 is 30.1. The first-order valence-corrected chi connectivity index (χ1v) is 9.24. The molecule has 1 N–H and O–H groups in total. The number of benzene rings is 2. The predicted molar refractivity (Wildman–Crippen MR) is 101 cm³/mol. The Hall–Kier alpha value is -3.01. The molecule has 10 heteroatoms. The largest absolute Gasteiger partial charge is 0.435 e. The van der Waals surface area contributed by atoms with Crippen LogP contribution in [0.2, 0.25) is 0 Å². The van der Waals surface area contributed by atoms with Gasteiger partial charge in [0.15, 0.2) is 0 Å². The minimum atomic E-state index is -2.89. The molecule has 2 aromatic carbocycles. The first-order chi connectivity index (χ1) is 13.4. The van der Waals surface area contributed by atoms with Gasteiger partial charge in [0.05, 0.1) is 11.4 Å². The standard InChI is InChI=1S/C18H17F2N5O2S/c1-11-3-6-14(9-12(11)2)25-18(22-23-24-25)28-10-16(26)21-13-4-7-15(8-5-13)27-17(19)20/h3-9,17H,10H2,1-2H3,(H,21,26). The minimum absolute atomic E-state index is 0.0231. The van der Waals surface area contributed by atoms with Crippen LogP contribution < -0.4 is 10.1 Å². The van der Waals surface area contributed by atoms with Crippen molar-refractivity contribution in [3.05, 3.63) is 53.6 Å². The van der Waals surface area contributed by atoms with E-state index in [2.05, 4.69) is 25.6 Å². The fraction of sp³-hybridized carbons (Fsp3) is 0.222. The number of thioether (sulfide) groups is 1. The lowest BCUT2D eigenvalue weighted by molar-refractivity contribution is -0.113. The molecule has 0 saturated heterocycles. The van der Waals surface area contributed by atoms with Gasteiger partial charge in [-0.2, -0.15) is 13.5 Å². The molecule has 0 fully saturated rings. The molecule has 0 aliphatic carbocycles. The highest BCUT2D eigenvalue weighted by Crippen LogP contribution is 2.21. The van der Waals surface area contributed by atoms with Crippen molar-refractivity contribution in [2.75, 3.05) is 11.1 Å². The van der Waals surface area contributed by atoms with Crippen LogP contribution in [0.5, 0.6) is 5.75 Å². The first-order valence-electron chi connectivity index (χ1n) is 8.26. The molecule has 0 spiro atoms. The molecule has 3 aromatic rings. The van der Waals surface area contributed by atoms with Crippen LogP contribution in [0.1, 0.15) is 11.1 Å². The molecule has 28 heavy (non-hydrogen) atoms. The smallest absolute Gasteiger partial charge is 0.387 e. The van der Waals surface area contributed by atoms with Crippen molar-refractivity contribution < 1.29 is 18.3 Å². The van der Waals surface area contributed by atoms with Gasteiger partial charge in [0.2, 0.25) is 11.1 Å². The second kappa shape index (κ2) is 8.79. The quantitative estimate of drug-likeness (QED) is 0.605. The first kappa shape index (κ1) is 19.7. The third-order valence-corrected chi connectivity index (χ3v) is 4.79. The zero-order valence-electron chi connectivity index (χ0n) is 15.1. The number of halogens is 2. The number of aryl methyl sites for hydroxylation is 2. The Morgan fingerprint density at radius 1 is 1.18 bits per heavy atom. The second-order valence-corrected chi connectivity index (χ2v) is 6.82. The highest BCUT2D eigenvalue weighted by atomic mass is 32.2. The highest BCUT2D eigenvalue weighted by Gasteiger charge is 2.12. The van der Waals surface area contributed by atoms with Crippen LogP contribution >= 0.6 is 11.8 Å². The predicted octanol–water partition coefficient (Wildman–Crippen LogP) is 3.61. The molecular formula is C18H17F2N5O2S. The van der Waals surface area contributed by atoms with E-state index in [9.17, 15) is 13.6 Å². The number of rotatable bonds is 7. The number of ether oxygens (including phenoxy) is 1. The number of amides is 1. The normalized spacial score (nSPS) is 10.9. The maximum absolute atomic E-state index is 12.2. The SMILES string of the molecule is Cc1ccc(-n2nnnc2SCC(=O)Nc2ccc(OC(F)F)cc2)cc1C. The van der Waals surface area contributed by atoms with Crippen LogP contribution in [0.3, 0.4) is 0 Å². The van der Waals surface area contributed by atoms with E-state index in [4.69, 9.17) is 0 Å². The molecule has 0 saturated carbocycles. The van der Waals surface area contributed by atoms with E-state index in [-0.39, 0.29) is 17.4 Å². The highest BCUT2D eigenvalue weighted by molar-refractivity contribution is 7.99. The number of tetrazole rings is 1. The van der Waals surface area contributed by atoms with E-state index in [0.717, 1.165) is 16.8 Å². The third kappa shape index (κ3) is 5.03. The molecular weight excluding hydrogens is 388 g/mol. The molecule has 0 atom stereocenters. The van der Waals surface area contributed by atoms with Gasteiger partial charge in [-0.15, -0.1) is 5.10 Å². The summed E-state index contributed by atoms with van der Waals surface area (Å²) in [7, 11) is 0. The molecule has 7 nitrogen and oxygen atoms in total. The number of hydrogen-bond donors (Lipinski definition) is 1. The topological polar surface area (TPSA) is 81.9 Å². The summed E-state index contributed by atoms with van der Waals surface area (Å²) in [5.74, 6) is -0.169. The van der Waals surface area contributed by atoms with Gasteiger partial charge in [-0.3, -0.25) is 4.79 Å². The lowest BCUT2D eigenvalue weighted by Gasteiger charge is -2.08. The Balaban J connectivity index is 1.59. The lowest BCUT2D eigenvalue weighted by Crippen LogP contribution is -2.14. The van der Waals surface area contributed by atoms with Crippen molar-refractivity contribution in [3.63, 3.8) is 0 Å². The summed E-state index contributed by atoms with van der Waals surface area (Å²) in [6, 6.07) is 11.5. The number of alkyl halides is 2. The summed E-state index contributed by atoms with van der Waals surface area (Å²) >= 11 is 1.19. The molecule has 1 heterocycles. The van der Waals surface area contributed by atoms with Crippen LogP contribution in [0.15, 0.2) is 47.6 Å². The Bertz CT molecular complexity index is 963. The van der Waals surface area contributed by atoms with E-state index in [0.29, 0.717) is 10.8 Å². The van der Waals surface area contributed by atoms with Crippen LogP contribution in [-0.4, -0.2) is 38.5 Å². The Labute approximate surface area is 164 Å². The Morgan fingerprint density at radius 2 is 1.93 bits per heavy atom. The molecule has 0 bridgehead atoms. The fourth-order valence-electron chi connectivity index (χ4n) is 2.34. The lowest BCUT2D eigenvalue weighted by atomic mass is 10.1. The Kier molecular flexibility index (Phi) is 6.19. The zero-order valence-corrected chi connectivity index (χ0v) is 15.9. The third-order valence-electron chi connectivity index (χ3n) is 3.87. The Morgan fingerprint density at radius 3 is 2.61 bits per heavy atom. The molecule has 146 valence electrons. The van der Waals surface area contributed by atoms with Gasteiger partial charge in [-0.25, -0.2) is 0 Å². The summed E-state index contributed by atoms with van der Waals surface area (Å²) in [4.78, 5) is 12.2. The van der Waals surface area contributed by atoms with Gasteiger partial charge in [0, 0.05) is 5.69 Å². The van der Waals surface area contributed by atoms with E-state index in [1.165, 1.54) is 36.0 Å². The van der Waals surface area contributed by atoms with E-state index in [1.54, 1.807) is 4.68 Å². The number of carbonyl (C=O) groups is 1. The molecule has 0 unspecified atom stereocenters. The second-order valence-electron chi connectivity index (χ2n) is 5.88. The number of nitrogens with zero attached hydrogens (tertiary/aromatic N) is 4. The van der Waals surface area contributed by atoms with Crippen LogP contribution in [-0.2, 0) is 4.79 Å². The average molecular weight is 405 g/mol. The number of hydrogen-bond acceptors (Lipinski definition) is 6.